The van der Waals surface area contributed by atoms with Gasteiger partial charge in [-0.3, -0.25) is 4.79 Å². The zero-order valence-corrected chi connectivity index (χ0v) is 16.2. The fraction of sp³-hybridized carbons (Fsp3) is 0.632. The topological polar surface area (TPSA) is 62.7 Å². The Kier molecular flexibility index (Phi) is 5.05. The number of ether oxygens (including phenoxy) is 1. The second-order valence-electron chi connectivity index (χ2n) is 8.52. The summed E-state index contributed by atoms with van der Waals surface area (Å²) in [5.41, 5.74) is -1.51. The molecule has 1 atom stereocenters. The van der Waals surface area contributed by atoms with Crippen LogP contribution in [0.15, 0.2) is 18.3 Å². The van der Waals surface area contributed by atoms with Crippen molar-refractivity contribution >= 4 is 17.7 Å². The summed E-state index contributed by atoms with van der Waals surface area (Å²) >= 11 is 0. The van der Waals surface area contributed by atoms with Crippen LogP contribution in [-0.2, 0) is 15.7 Å². The van der Waals surface area contributed by atoms with Crippen molar-refractivity contribution in [3.05, 3.63) is 24.0 Å². The quantitative estimate of drug-likeness (QED) is 0.720. The molecule has 6 nitrogen and oxygen atoms in total. The molecule has 9 heteroatoms. The monoisotopic (exact) mass is 399 g/mol. The average Bonchev–Trinajstić information content (AvgIpc) is 2.96. The van der Waals surface area contributed by atoms with Crippen LogP contribution in [0.25, 0.3) is 0 Å². The molecule has 1 aromatic heterocycles. The van der Waals surface area contributed by atoms with Crippen molar-refractivity contribution in [2.75, 3.05) is 24.5 Å². The van der Waals surface area contributed by atoms with Gasteiger partial charge >= 0.3 is 12.3 Å². The van der Waals surface area contributed by atoms with Gasteiger partial charge in [0, 0.05) is 31.5 Å². The molecule has 2 aliphatic rings. The Morgan fingerprint density at radius 1 is 1.18 bits per heavy atom. The van der Waals surface area contributed by atoms with E-state index in [1.165, 1.54) is 11.0 Å². The molecule has 0 N–H and O–H groups in total. The lowest BCUT2D eigenvalue weighted by Crippen LogP contribution is -2.46. The van der Waals surface area contributed by atoms with Crippen molar-refractivity contribution in [2.45, 2.75) is 51.8 Å². The first-order valence-electron chi connectivity index (χ1n) is 9.20. The van der Waals surface area contributed by atoms with E-state index >= 15 is 0 Å². The number of halogens is 3. The fourth-order valence-corrected chi connectivity index (χ4v) is 3.73. The Labute approximate surface area is 161 Å². The summed E-state index contributed by atoms with van der Waals surface area (Å²) in [6.07, 6.45) is -2.20. The third-order valence-corrected chi connectivity index (χ3v) is 5.13. The Morgan fingerprint density at radius 3 is 2.39 bits per heavy atom. The molecular formula is C19H24F3N3O3. The molecule has 1 unspecified atom stereocenters. The van der Waals surface area contributed by atoms with Crippen molar-refractivity contribution in [1.29, 1.82) is 0 Å². The predicted octanol–water partition coefficient (Wildman–Crippen LogP) is 3.85. The van der Waals surface area contributed by atoms with Crippen molar-refractivity contribution < 1.29 is 27.5 Å². The number of nitrogens with zero attached hydrogens (tertiary/aromatic N) is 3. The highest BCUT2D eigenvalue weighted by Gasteiger charge is 2.46. The molecule has 3 heterocycles. The highest BCUT2D eigenvalue weighted by atomic mass is 19.4. The van der Waals surface area contributed by atoms with E-state index in [4.69, 9.17) is 4.74 Å². The number of pyridine rings is 1. The second kappa shape index (κ2) is 6.93. The standard InChI is InChI=1S/C19H24F3N3O3/c1-17(2,3)28-16(27)24-8-6-18(12-24)7-9-25(15(26)10-18)13-4-5-14(23-11-13)19(20,21)22/h4-5,11H,6-10,12H2,1-3H3. The Balaban J connectivity index is 1.64. The van der Waals surface area contributed by atoms with E-state index in [1.807, 2.05) is 0 Å². The van der Waals surface area contributed by atoms with Gasteiger partial charge in [0.15, 0.2) is 0 Å². The summed E-state index contributed by atoms with van der Waals surface area (Å²) in [6.45, 7) is 6.77. The van der Waals surface area contributed by atoms with Crippen LogP contribution in [0.1, 0.15) is 45.7 Å². The van der Waals surface area contributed by atoms with Crippen LogP contribution in [0, 0.1) is 5.41 Å². The fourth-order valence-electron chi connectivity index (χ4n) is 3.73. The van der Waals surface area contributed by atoms with Gasteiger partial charge in [-0.25, -0.2) is 9.78 Å². The van der Waals surface area contributed by atoms with Gasteiger partial charge < -0.3 is 14.5 Å². The van der Waals surface area contributed by atoms with Crippen LogP contribution in [0.5, 0.6) is 0 Å². The van der Waals surface area contributed by atoms with Crippen LogP contribution in [0.3, 0.4) is 0 Å². The van der Waals surface area contributed by atoms with E-state index in [2.05, 4.69) is 4.98 Å². The van der Waals surface area contributed by atoms with Crippen molar-refractivity contribution in [3.63, 3.8) is 0 Å². The zero-order chi connectivity index (χ0) is 20.7. The van der Waals surface area contributed by atoms with E-state index in [9.17, 15) is 22.8 Å². The van der Waals surface area contributed by atoms with Gasteiger partial charge in [-0.05, 0) is 45.7 Å². The molecule has 0 radical (unpaired) electrons. The first-order valence-corrected chi connectivity index (χ1v) is 9.20. The zero-order valence-electron chi connectivity index (χ0n) is 16.2. The third kappa shape index (κ3) is 4.39. The van der Waals surface area contributed by atoms with E-state index in [1.54, 1.807) is 25.7 Å². The number of anilines is 1. The number of alkyl halides is 3. The molecule has 2 saturated heterocycles. The number of rotatable bonds is 1. The minimum Gasteiger partial charge on any atom is -0.444 e. The molecule has 2 amide bonds. The maximum absolute atomic E-state index is 12.7. The number of aromatic nitrogens is 1. The van der Waals surface area contributed by atoms with Crippen molar-refractivity contribution in [2.24, 2.45) is 5.41 Å². The van der Waals surface area contributed by atoms with Gasteiger partial charge in [-0.2, -0.15) is 13.2 Å². The van der Waals surface area contributed by atoms with Crippen molar-refractivity contribution in [3.8, 4) is 0 Å². The summed E-state index contributed by atoms with van der Waals surface area (Å²) in [6, 6.07) is 2.15. The minimum absolute atomic E-state index is 0.168. The van der Waals surface area contributed by atoms with Gasteiger partial charge in [-0.1, -0.05) is 0 Å². The molecule has 0 aliphatic carbocycles. The first kappa shape index (κ1) is 20.4. The van der Waals surface area contributed by atoms with Gasteiger partial charge in [0.1, 0.15) is 11.3 Å². The first-order chi connectivity index (χ1) is 12.9. The highest BCUT2D eigenvalue weighted by molar-refractivity contribution is 5.94. The van der Waals surface area contributed by atoms with Gasteiger partial charge in [0.05, 0.1) is 11.9 Å². The molecule has 154 valence electrons. The van der Waals surface area contributed by atoms with Crippen LogP contribution in [-0.4, -0.2) is 47.1 Å². The average molecular weight is 399 g/mol. The van der Waals surface area contributed by atoms with Crippen LogP contribution < -0.4 is 4.90 Å². The lowest BCUT2D eigenvalue weighted by atomic mass is 9.77. The molecule has 3 rings (SSSR count). The molecule has 2 aliphatic heterocycles. The van der Waals surface area contributed by atoms with Crippen LogP contribution >= 0.6 is 0 Å². The summed E-state index contributed by atoms with van der Waals surface area (Å²) in [5.74, 6) is -0.168. The minimum atomic E-state index is -4.51. The molecule has 0 aromatic carbocycles. The lowest BCUT2D eigenvalue weighted by molar-refractivity contribution is -0.141. The number of amides is 2. The van der Waals surface area contributed by atoms with Crippen molar-refractivity contribution in [1.82, 2.24) is 9.88 Å². The largest absolute Gasteiger partial charge is 0.444 e. The summed E-state index contributed by atoms with van der Waals surface area (Å²) in [5, 5.41) is 0. The van der Waals surface area contributed by atoms with Gasteiger partial charge in [0.25, 0.3) is 0 Å². The van der Waals surface area contributed by atoms with E-state index in [-0.39, 0.29) is 23.8 Å². The molecule has 1 aromatic rings. The molecule has 2 fully saturated rings. The summed E-state index contributed by atoms with van der Waals surface area (Å²) in [7, 11) is 0. The normalized spacial score (nSPS) is 23.4. The Morgan fingerprint density at radius 2 is 1.86 bits per heavy atom. The van der Waals surface area contributed by atoms with Gasteiger partial charge in [-0.15, -0.1) is 0 Å². The van der Waals surface area contributed by atoms with E-state index in [0.29, 0.717) is 38.2 Å². The second-order valence-corrected chi connectivity index (χ2v) is 8.52. The summed E-state index contributed by atoms with van der Waals surface area (Å²) < 4.78 is 43.4. The van der Waals surface area contributed by atoms with E-state index < -0.39 is 17.5 Å². The number of hydrogen-bond donors (Lipinski definition) is 0. The number of carbonyl (C=O) groups is 2. The molecular weight excluding hydrogens is 375 g/mol. The maximum Gasteiger partial charge on any atom is 0.433 e. The van der Waals surface area contributed by atoms with Crippen LogP contribution in [0.4, 0.5) is 23.7 Å². The predicted molar refractivity (Wildman–Crippen MR) is 95.7 cm³/mol. The molecule has 0 saturated carbocycles. The number of likely N-dealkylation sites (tertiary alicyclic amines) is 1. The smallest absolute Gasteiger partial charge is 0.433 e. The third-order valence-electron chi connectivity index (χ3n) is 5.13. The number of carbonyl (C=O) groups excluding carboxylic acids is 2. The van der Waals surface area contributed by atoms with E-state index in [0.717, 1.165) is 12.3 Å². The molecule has 0 bridgehead atoms. The van der Waals surface area contributed by atoms with Crippen LogP contribution in [0.2, 0.25) is 0 Å². The Hall–Kier alpha value is -2.32. The Bertz CT molecular complexity index is 758. The SMILES string of the molecule is CC(C)(C)OC(=O)N1CCC2(CCN(c3ccc(C(F)(F)F)nc3)C(=O)C2)C1. The maximum atomic E-state index is 12.7. The lowest BCUT2D eigenvalue weighted by Gasteiger charge is -2.38. The summed E-state index contributed by atoms with van der Waals surface area (Å²) in [4.78, 5) is 31.5. The molecule has 1 spiro atoms. The van der Waals surface area contributed by atoms with Gasteiger partial charge in [0.2, 0.25) is 5.91 Å². The number of piperidine rings is 1. The highest BCUT2D eigenvalue weighted by Crippen LogP contribution is 2.42. The molecule has 28 heavy (non-hydrogen) atoms. The number of hydrogen-bond acceptors (Lipinski definition) is 4.